The summed E-state index contributed by atoms with van der Waals surface area (Å²) in [6.07, 6.45) is -2.74. The van der Waals surface area contributed by atoms with Gasteiger partial charge >= 0.3 is 6.18 Å². The molecule has 4 nitrogen and oxygen atoms in total. The predicted octanol–water partition coefficient (Wildman–Crippen LogP) is 6.56. The van der Waals surface area contributed by atoms with Crippen LogP contribution in [0.5, 0.6) is 11.5 Å². The standard InChI is InChI=1S/C28H29F3O4S/c1-5-14-36(32,33)26-18-22(15-19(2)27(26)28(29,30)31)23(16-20-6-10-24(34-3)11-7-20)17-21-8-12-25(35-4)13-9-21/h5-13,15,18,23H,1,14,16-17H2,2-4H3. The Morgan fingerprint density at radius 3 is 1.75 bits per heavy atom. The lowest BCUT2D eigenvalue weighted by Gasteiger charge is -2.23. The summed E-state index contributed by atoms with van der Waals surface area (Å²) < 4.78 is 78.0. The highest BCUT2D eigenvalue weighted by Crippen LogP contribution is 2.40. The van der Waals surface area contributed by atoms with Crippen LogP contribution in [0.4, 0.5) is 13.2 Å². The van der Waals surface area contributed by atoms with Crippen LogP contribution < -0.4 is 9.47 Å². The van der Waals surface area contributed by atoms with Crippen molar-refractivity contribution in [3.8, 4) is 11.5 Å². The SMILES string of the molecule is C=CCS(=O)(=O)c1cc(C(Cc2ccc(OC)cc2)Cc2ccc(OC)cc2)cc(C)c1C(F)(F)F. The maximum atomic E-state index is 13.9. The molecule has 0 radical (unpaired) electrons. The smallest absolute Gasteiger partial charge is 0.417 e. The van der Waals surface area contributed by atoms with Crippen LogP contribution in [0, 0.1) is 6.92 Å². The first kappa shape index (κ1) is 27.3. The molecule has 3 aromatic carbocycles. The van der Waals surface area contributed by atoms with Crippen LogP contribution in [-0.4, -0.2) is 28.4 Å². The van der Waals surface area contributed by atoms with Crippen molar-refractivity contribution < 1.29 is 31.1 Å². The summed E-state index contributed by atoms with van der Waals surface area (Å²) in [5, 5.41) is 0. The van der Waals surface area contributed by atoms with Crippen molar-refractivity contribution in [2.75, 3.05) is 20.0 Å². The number of halogens is 3. The minimum absolute atomic E-state index is 0.128. The van der Waals surface area contributed by atoms with E-state index in [1.54, 1.807) is 14.2 Å². The molecule has 0 amide bonds. The molecule has 3 rings (SSSR count). The zero-order valence-electron chi connectivity index (χ0n) is 20.4. The van der Waals surface area contributed by atoms with Gasteiger partial charge in [0.15, 0.2) is 9.84 Å². The Labute approximate surface area is 210 Å². The molecule has 8 heteroatoms. The molecule has 0 spiro atoms. The van der Waals surface area contributed by atoms with Crippen LogP contribution in [0.1, 0.15) is 33.7 Å². The third kappa shape index (κ3) is 6.49. The van der Waals surface area contributed by atoms with Gasteiger partial charge in [-0.25, -0.2) is 8.42 Å². The van der Waals surface area contributed by atoms with E-state index in [4.69, 9.17) is 9.47 Å². The first-order chi connectivity index (χ1) is 17.0. The van der Waals surface area contributed by atoms with E-state index in [9.17, 15) is 21.6 Å². The Kier molecular flexibility index (Phi) is 8.51. The number of hydrogen-bond donors (Lipinski definition) is 0. The predicted molar refractivity (Wildman–Crippen MR) is 135 cm³/mol. The monoisotopic (exact) mass is 518 g/mol. The number of alkyl halides is 3. The lowest BCUT2D eigenvalue weighted by Crippen LogP contribution is -2.18. The van der Waals surface area contributed by atoms with Gasteiger partial charge in [0.25, 0.3) is 0 Å². The summed E-state index contributed by atoms with van der Waals surface area (Å²) >= 11 is 0. The average molecular weight is 519 g/mol. The summed E-state index contributed by atoms with van der Waals surface area (Å²) in [5.74, 6) is 0.508. The number of aryl methyl sites for hydroxylation is 1. The van der Waals surface area contributed by atoms with E-state index in [-0.39, 0.29) is 11.5 Å². The van der Waals surface area contributed by atoms with Crippen molar-refractivity contribution in [2.45, 2.75) is 36.8 Å². The fourth-order valence-corrected chi connectivity index (χ4v) is 5.66. The van der Waals surface area contributed by atoms with Gasteiger partial charge < -0.3 is 9.47 Å². The van der Waals surface area contributed by atoms with Crippen molar-refractivity contribution >= 4 is 9.84 Å². The second-order valence-corrected chi connectivity index (χ2v) is 10.6. The van der Waals surface area contributed by atoms with Crippen molar-refractivity contribution in [1.29, 1.82) is 0 Å². The Morgan fingerprint density at radius 2 is 1.36 bits per heavy atom. The number of methoxy groups -OCH3 is 2. The van der Waals surface area contributed by atoms with Gasteiger partial charge in [0, 0.05) is 0 Å². The van der Waals surface area contributed by atoms with Crippen LogP contribution in [0.15, 0.2) is 78.2 Å². The number of hydrogen-bond acceptors (Lipinski definition) is 4. The van der Waals surface area contributed by atoms with Gasteiger partial charge in [-0.15, -0.1) is 6.58 Å². The average Bonchev–Trinajstić information content (AvgIpc) is 2.83. The maximum Gasteiger partial charge on any atom is 0.417 e. The molecule has 0 fully saturated rings. The summed E-state index contributed by atoms with van der Waals surface area (Å²) in [4.78, 5) is -0.709. The molecule has 0 saturated heterocycles. The molecule has 0 aliphatic heterocycles. The van der Waals surface area contributed by atoms with Gasteiger partial charge in [0.1, 0.15) is 11.5 Å². The van der Waals surface area contributed by atoms with Crippen LogP contribution in [0.25, 0.3) is 0 Å². The van der Waals surface area contributed by atoms with Crippen molar-refractivity contribution in [3.05, 3.63) is 101 Å². The zero-order chi connectivity index (χ0) is 26.5. The Hall–Kier alpha value is -3.26. The summed E-state index contributed by atoms with van der Waals surface area (Å²) in [7, 11) is -1.10. The molecule has 192 valence electrons. The summed E-state index contributed by atoms with van der Waals surface area (Å²) in [6.45, 7) is 4.70. The maximum absolute atomic E-state index is 13.9. The first-order valence-electron chi connectivity index (χ1n) is 11.3. The van der Waals surface area contributed by atoms with Crippen LogP contribution in [0.2, 0.25) is 0 Å². The molecule has 0 unspecified atom stereocenters. The van der Waals surface area contributed by atoms with Gasteiger partial charge in [0.2, 0.25) is 0 Å². The number of benzene rings is 3. The molecule has 3 aromatic rings. The molecule has 0 aliphatic rings. The van der Waals surface area contributed by atoms with Gasteiger partial charge in [-0.2, -0.15) is 13.2 Å². The molecule has 36 heavy (non-hydrogen) atoms. The van der Waals surface area contributed by atoms with Crippen LogP contribution in [-0.2, 0) is 28.9 Å². The van der Waals surface area contributed by atoms with E-state index in [1.165, 1.54) is 19.1 Å². The Morgan fingerprint density at radius 1 is 0.889 bits per heavy atom. The third-order valence-electron chi connectivity index (χ3n) is 6.03. The van der Waals surface area contributed by atoms with Gasteiger partial charge in [-0.1, -0.05) is 36.4 Å². The minimum Gasteiger partial charge on any atom is -0.497 e. The van der Waals surface area contributed by atoms with E-state index in [0.29, 0.717) is 29.9 Å². The van der Waals surface area contributed by atoms with Gasteiger partial charge in [-0.05, 0) is 78.3 Å². The normalized spacial score (nSPS) is 12.0. The van der Waals surface area contributed by atoms with Crippen molar-refractivity contribution in [3.63, 3.8) is 0 Å². The molecular formula is C28H29F3O4S. The highest BCUT2D eigenvalue weighted by Gasteiger charge is 2.39. The van der Waals surface area contributed by atoms with Gasteiger partial charge in [0.05, 0.1) is 30.4 Å². The molecule has 0 saturated carbocycles. The third-order valence-corrected chi connectivity index (χ3v) is 7.70. The molecule has 0 aliphatic carbocycles. The lowest BCUT2D eigenvalue weighted by atomic mass is 9.85. The first-order valence-corrected chi connectivity index (χ1v) is 12.9. The minimum atomic E-state index is -4.81. The topological polar surface area (TPSA) is 52.6 Å². The summed E-state index contributed by atoms with van der Waals surface area (Å²) in [6, 6.07) is 17.5. The number of sulfone groups is 1. The van der Waals surface area contributed by atoms with Crippen LogP contribution in [0.3, 0.4) is 0 Å². The van der Waals surface area contributed by atoms with E-state index in [0.717, 1.165) is 17.2 Å². The highest BCUT2D eigenvalue weighted by atomic mass is 32.2. The molecule has 0 heterocycles. The summed E-state index contributed by atoms with van der Waals surface area (Å²) in [5.41, 5.74) is 1.16. The Bertz CT molecular complexity index is 1250. The van der Waals surface area contributed by atoms with Crippen LogP contribution >= 0.6 is 0 Å². The quantitative estimate of drug-likeness (QED) is 0.285. The fourth-order valence-electron chi connectivity index (χ4n) is 4.27. The number of rotatable bonds is 10. The second-order valence-electron chi connectivity index (χ2n) is 8.58. The van der Waals surface area contributed by atoms with E-state index < -0.39 is 32.2 Å². The largest absolute Gasteiger partial charge is 0.497 e. The van der Waals surface area contributed by atoms with Crippen molar-refractivity contribution in [2.24, 2.45) is 0 Å². The molecule has 0 aromatic heterocycles. The van der Waals surface area contributed by atoms with Crippen molar-refractivity contribution in [1.82, 2.24) is 0 Å². The highest BCUT2D eigenvalue weighted by molar-refractivity contribution is 7.91. The molecule has 0 atom stereocenters. The lowest BCUT2D eigenvalue weighted by molar-refractivity contribution is -0.140. The molecular weight excluding hydrogens is 489 g/mol. The van der Waals surface area contributed by atoms with E-state index in [2.05, 4.69) is 6.58 Å². The molecule has 0 N–H and O–H groups in total. The van der Waals surface area contributed by atoms with E-state index >= 15 is 0 Å². The zero-order valence-corrected chi connectivity index (χ0v) is 21.2. The Balaban J connectivity index is 2.14. The second kappa shape index (κ2) is 11.2. The number of ether oxygens (including phenoxy) is 2. The van der Waals surface area contributed by atoms with E-state index in [1.807, 2.05) is 48.5 Å². The van der Waals surface area contributed by atoms with Gasteiger partial charge in [-0.3, -0.25) is 0 Å². The molecule has 0 bridgehead atoms. The fraction of sp³-hybridized carbons (Fsp3) is 0.286.